The van der Waals surface area contributed by atoms with Gasteiger partial charge < -0.3 is 10.4 Å². The first-order valence-electron chi connectivity index (χ1n) is 6.27. The van der Waals surface area contributed by atoms with Crippen molar-refractivity contribution in [1.29, 1.82) is 0 Å². The first kappa shape index (κ1) is 15.9. The molecule has 0 aliphatic rings. The third kappa shape index (κ3) is 4.45. The van der Waals surface area contributed by atoms with Crippen molar-refractivity contribution in [2.75, 3.05) is 6.54 Å². The molecule has 0 radical (unpaired) electrons. The predicted octanol–water partition coefficient (Wildman–Crippen LogP) is 2.89. The van der Waals surface area contributed by atoms with Gasteiger partial charge >= 0.3 is 0 Å². The molecule has 0 saturated heterocycles. The van der Waals surface area contributed by atoms with E-state index in [4.69, 9.17) is 11.6 Å². The highest BCUT2D eigenvalue weighted by atomic mass is 35.5. The van der Waals surface area contributed by atoms with Gasteiger partial charge in [-0.15, -0.1) is 0 Å². The Bertz CT molecular complexity index is 448. The molecule has 1 aromatic carbocycles. The largest absolute Gasteiger partial charge is 0.389 e. The van der Waals surface area contributed by atoms with Crippen LogP contribution in [-0.2, 0) is 6.54 Å². The fraction of sp³-hybridized carbons (Fsp3) is 0.538. The van der Waals surface area contributed by atoms with Crippen molar-refractivity contribution in [3.05, 3.63) is 38.9 Å². The summed E-state index contributed by atoms with van der Waals surface area (Å²) < 4.78 is 0. The van der Waals surface area contributed by atoms with Gasteiger partial charge in [0.1, 0.15) is 0 Å². The topological polar surface area (TPSA) is 75.4 Å². The van der Waals surface area contributed by atoms with Crippen molar-refractivity contribution in [2.24, 2.45) is 0 Å². The van der Waals surface area contributed by atoms with E-state index in [2.05, 4.69) is 5.32 Å². The standard InChI is InChI=1S/C13H19ClN2O3/c1-3-13(17,4-2)9-15-8-10-7-11(14)5-6-12(10)16(18)19/h5-7,15,17H,3-4,8-9H2,1-2H3. The number of nitrogens with one attached hydrogen (secondary N) is 1. The number of hydrogen-bond acceptors (Lipinski definition) is 4. The first-order valence-corrected chi connectivity index (χ1v) is 6.65. The zero-order valence-corrected chi connectivity index (χ0v) is 11.9. The lowest BCUT2D eigenvalue weighted by Crippen LogP contribution is -2.39. The minimum Gasteiger partial charge on any atom is -0.389 e. The van der Waals surface area contributed by atoms with Crippen molar-refractivity contribution in [2.45, 2.75) is 38.8 Å². The molecule has 0 aromatic heterocycles. The monoisotopic (exact) mass is 286 g/mol. The van der Waals surface area contributed by atoms with Gasteiger partial charge in [0.25, 0.3) is 5.69 Å². The van der Waals surface area contributed by atoms with Crippen LogP contribution in [0.1, 0.15) is 32.3 Å². The minimum absolute atomic E-state index is 0.0356. The van der Waals surface area contributed by atoms with Gasteiger partial charge in [-0.25, -0.2) is 0 Å². The summed E-state index contributed by atoms with van der Waals surface area (Å²) in [5, 5.41) is 24.5. The van der Waals surface area contributed by atoms with Gasteiger partial charge in [0.05, 0.1) is 10.5 Å². The Kier molecular flexibility index (Phi) is 5.72. The van der Waals surface area contributed by atoms with Gasteiger partial charge in [0.15, 0.2) is 0 Å². The van der Waals surface area contributed by atoms with Gasteiger partial charge in [-0.2, -0.15) is 0 Å². The average molecular weight is 287 g/mol. The lowest BCUT2D eigenvalue weighted by atomic mass is 9.97. The number of nitro benzene ring substituents is 1. The second-order valence-corrected chi connectivity index (χ2v) is 5.00. The molecule has 0 spiro atoms. The summed E-state index contributed by atoms with van der Waals surface area (Å²) in [6, 6.07) is 4.46. The quantitative estimate of drug-likeness (QED) is 0.597. The first-order chi connectivity index (χ1) is 8.91. The molecule has 1 aromatic rings. The van der Waals surface area contributed by atoms with Crippen LogP contribution in [0.25, 0.3) is 0 Å². The van der Waals surface area contributed by atoms with E-state index in [0.717, 1.165) is 0 Å². The van der Waals surface area contributed by atoms with Crippen LogP contribution in [0.3, 0.4) is 0 Å². The van der Waals surface area contributed by atoms with Gasteiger partial charge in [0, 0.05) is 29.7 Å². The molecule has 6 heteroatoms. The van der Waals surface area contributed by atoms with Gasteiger partial charge in [-0.05, 0) is 25.0 Å². The van der Waals surface area contributed by atoms with E-state index in [1.807, 2.05) is 13.8 Å². The van der Waals surface area contributed by atoms with Gasteiger partial charge in [0.2, 0.25) is 0 Å². The number of hydrogen-bond donors (Lipinski definition) is 2. The summed E-state index contributed by atoms with van der Waals surface area (Å²) >= 11 is 5.85. The molecule has 0 heterocycles. The lowest BCUT2D eigenvalue weighted by molar-refractivity contribution is -0.385. The molecule has 106 valence electrons. The maximum absolute atomic E-state index is 10.9. The smallest absolute Gasteiger partial charge is 0.273 e. The summed E-state index contributed by atoms with van der Waals surface area (Å²) in [6.45, 7) is 4.52. The molecule has 0 bridgehead atoms. The highest BCUT2D eigenvalue weighted by Crippen LogP contribution is 2.23. The molecule has 5 nitrogen and oxygen atoms in total. The fourth-order valence-electron chi connectivity index (χ4n) is 1.80. The maximum Gasteiger partial charge on any atom is 0.273 e. The van der Waals surface area contributed by atoms with E-state index in [-0.39, 0.29) is 5.69 Å². The van der Waals surface area contributed by atoms with Crippen LogP contribution in [0.15, 0.2) is 18.2 Å². The van der Waals surface area contributed by atoms with Crippen LogP contribution in [0.4, 0.5) is 5.69 Å². The van der Waals surface area contributed by atoms with Gasteiger partial charge in [-0.3, -0.25) is 10.1 Å². The number of nitro groups is 1. The Labute approximate surface area is 117 Å². The zero-order chi connectivity index (χ0) is 14.5. The Morgan fingerprint density at radius 2 is 2.05 bits per heavy atom. The van der Waals surface area contributed by atoms with Crippen LogP contribution in [0, 0.1) is 10.1 Å². The van der Waals surface area contributed by atoms with Crippen molar-refractivity contribution in [3.63, 3.8) is 0 Å². The predicted molar refractivity (Wildman–Crippen MR) is 75.3 cm³/mol. The Morgan fingerprint density at radius 3 is 2.58 bits per heavy atom. The van der Waals surface area contributed by atoms with Crippen LogP contribution in [0.5, 0.6) is 0 Å². The average Bonchev–Trinajstić information content (AvgIpc) is 2.38. The molecule has 0 saturated carbocycles. The van der Waals surface area contributed by atoms with Crippen LogP contribution >= 0.6 is 11.6 Å². The van der Waals surface area contributed by atoms with Crippen molar-refractivity contribution >= 4 is 17.3 Å². The molecule has 19 heavy (non-hydrogen) atoms. The second kappa shape index (κ2) is 6.84. The van der Waals surface area contributed by atoms with E-state index >= 15 is 0 Å². The highest BCUT2D eigenvalue weighted by molar-refractivity contribution is 6.30. The lowest BCUT2D eigenvalue weighted by Gasteiger charge is -2.25. The Hall–Kier alpha value is -1.17. The van der Waals surface area contributed by atoms with E-state index in [0.29, 0.717) is 36.5 Å². The fourth-order valence-corrected chi connectivity index (χ4v) is 2.00. The normalized spacial score (nSPS) is 11.6. The minimum atomic E-state index is -0.770. The highest BCUT2D eigenvalue weighted by Gasteiger charge is 2.22. The van der Waals surface area contributed by atoms with E-state index < -0.39 is 10.5 Å². The molecule has 0 aliphatic heterocycles. The van der Waals surface area contributed by atoms with Crippen LogP contribution in [0.2, 0.25) is 5.02 Å². The molecular formula is C13H19ClN2O3. The van der Waals surface area contributed by atoms with Crippen molar-refractivity contribution < 1.29 is 10.0 Å². The molecule has 0 unspecified atom stereocenters. The Morgan fingerprint density at radius 1 is 1.42 bits per heavy atom. The van der Waals surface area contributed by atoms with Crippen LogP contribution in [-0.4, -0.2) is 22.2 Å². The molecule has 0 aliphatic carbocycles. The van der Waals surface area contributed by atoms with Crippen LogP contribution < -0.4 is 5.32 Å². The third-order valence-electron chi connectivity index (χ3n) is 3.32. The van der Waals surface area contributed by atoms with Crippen molar-refractivity contribution in [1.82, 2.24) is 5.32 Å². The molecule has 2 N–H and O–H groups in total. The van der Waals surface area contributed by atoms with E-state index in [1.165, 1.54) is 12.1 Å². The molecule has 0 atom stereocenters. The van der Waals surface area contributed by atoms with E-state index in [1.54, 1.807) is 6.07 Å². The number of halogens is 1. The SMILES string of the molecule is CCC(O)(CC)CNCc1cc(Cl)ccc1[N+](=O)[O-]. The number of rotatable bonds is 7. The number of benzene rings is 1. The van der Waals surface area contributed by atoms with E-state index in [9.17, 15) is 15.2 Å². The number of nitrogens with zero attached hydrogens (tertiary/aromatic N) is 1. The summed E-state index contributed by atoms with van der Waals surface area (Å²) in [5.41, 5.74) is -0.214. The zero-order valence-electron chi connectivity index (χ0n) is 11.1. The molecular weight excluding hydrogens is 268 g/mol. The van der Waals surface area contributed by atoms with Crippen molar-refractivity contribution in [3.8, 4) is 0 Å². The molecule has 1 rings (SSSR count). The maximum atomic E-state index is 10.9. The van der Waals surface area contributed by atoms with Gasteiger partial charge in [-0.1, -0.05) is 25.4 Å². The summed E-state index contributed by atoms with van der Waals surface area (Å²) in [4.78, 5) is 10.5. The second-order valence-electron chi connectivity index (χ2n) is 4.57. The Balaban J connectivity index is 2.72. The number of aliphatic hydroxyl groups is 1. The summed E-state index contributed by atoms with van der Waals surface area (Å²) in [7, 11) is 0. The third-order valence-corrected chi connectivity index (χ3v) is 3.56. The summed E-state index contributed by atoms with van der Waals surface area (Å²) in [5.74, 6) is 0. The molecule has 0 fully saturated rings. The summed E-state index contributed by atoms with van der Waals surface area (Å²) in [6.07, 6.45) is 1.27. The molecule has 0 amide bonds.